The third-order valence-electron chi connectivity index (χ3n) is 2.56. The smallest absolute Gasteiger partial charge is 0.331 e. The molecule has 0 saturated carbocycles. The van der Waals surface area contributed by atoms with Crippen LogP contribution in [0, 0.1) is 13.8 Å². The number of nitrogens with zero attached hydrogens (tertiary/aromatic N) is 3. The lowest BCUT2D eigenvalue weighted by Crippen LogP contribution is -2.01. The summed E-state index contributed by atoms with van der Waals surface area (Å²) in [6, 6.07) is 4.17. The van der Waals surface area contributed by atoms with Gasteiger partial charge in [-0.2, -0.15) is 0 Å². The second kappa shape index (κ2) is 6.04. The molecule has 0 N–H and O–H groups in total. The van der Waals surface area contributed by atoms with Gasteiger partial charge in [-0.3, -0.25) is 0 Å². The summed E-state index contributed by atoms with van der Waals surface area (Å²) in [6.07, 6.45) is 0. The zero-order valence-corrected chi connectivity index (χ0v) is 13.2. The Morgan fingerprint density at radius 3 is 1.75 bits per heavy atom. The van der Waals surface area contributed by atoms with Crippen molar-refractivity contribution in [1.82, 2.24) is 15.0 Å². The second-order valence-electron chi connectivity index (χ2n) is 4.06. The third kappa shape index (κ3) is 3.16. The van der Waals surface area contributed by atoms with Gasteiger partial charge in [-0.15, -0.1) is 15.0 Å². The van der Waals surface area contributed by atoms with Gasteiger partial charge in [0, 0.05) is 4.47 Å². The quantitative estimate of drug-likeness (QED) is 0.852. The van der Waals surface area contributed by atoms with Crippen LogP contribution in [0.1, 0.15) is 11.1 Å². The van der Waals surface area contributed by atoms with Gasteiger partial charge < -0.3 is 14.2 Å². The minimum Gasteiger partial charge on any atom is -0.467 e. The molecule has 0 unspecified atom stereocenters. The molecule has 0 radical (unpaired) electrons. The molecule has 7 heteroatoms. The summed E-state index contributed by atoms with van der Waals surface area (Å²) in [4.78, 5) is 11.9. The number of rotatable bonds is 4. The Balaban J connectivity index is 2.34. The van der Waals surface area contributed by atoms with E-state index < -0.39 is 0 Å². The van der Waals surface area contributed by atoms with Crippen molar-refractivity contribution in [1.29, 1.82) is 0 Å². The van der Waals surface area contributed by atoms with Crippen LogP contribution in [0.25, 0.3) is 0 Å². The zero-order chi connectivity index (χ0) is 14.7. The molecule has 0 amide bonds. The molecule has 0 saturated heterocycles. The molecule has 0 bridgehead atoms. The number of aromatic nitrogens is 3. The van der Waals surface area contributed by atoms with E-state index in [9.17, 15) is 0 Å². The Morgan fingerprint density at radius 1 is 0.850 bits per heavy atom. The molecule has 0 fully saturated rings. The molecule has 0 atom stereocenters. The van der Waals surface area contributed by atoms with Gasteiger partial charge in [-0.25, -0.2) is 0 Å². The number of benzene rings is 1. The highest BCUT2D eigenvalue weighted by Crippen LogP contribution is 2.29. The Morgan fingerprint density at radius 2 is 1.30 bits per heavy atom. The van der Waals surface area contributed by atoms with E-state index in [1.165, 1.54) is 14.2 Å². The normalized spacial score (nSPS) is 10.2. The Hall–Kier alpha value is -1.89. The Kier molecular flexibility index (Phi) is 4.39. The van der Waals surface area contributed by atoms with Crippen LogP contribution >= 0.6 is 15.9 Å². The van der Waals surface area contributed by atoms with E-state index >= 15 is 0 Å². The van der Waals surface area contributed by atoms with Crippen LogP contribution in [0.3, 0.4) is 0 Å². The van der Waals surface area contributed by atoms with Gasteiger partial charge in [0.05, 0.1) is 14.2 Å². The van der Waals surface area contributed by atoms with Crippen LogP contribution in [-0.4, -0.2) is 29.2 Å². The van der Waals surface area contributed by atoms with E-state index in [0.717, 1.165) is 15.6 Å². The van der Waals surface area contributed by atoms with Crippen LogP contribution in [0.5, 0.6) is 23.8 Å². The van der Waals surface area contributed by atoms with Crippen LogP contribution in [0.2, 0.25) is 0 Å². The number of ether oxygens (including phenoxy) is 3. The summed E-state index contributed by atoms with van der Waals surface area (Å²) in [5, 5.41) is 0. The maximum atomic E-state index is 5.64. The first-order valence-corrected chi connectivity index (χ1v) is 6.61. The number of hydrogen-bond donors (Lipinski definition) is 0. The molecule has 1 aromatic heterocycles. The second-order valence-corrected chi connectivity index (χ2v) is 4.86. The lowest BCUT2D eigenvalue weighted by molar-refractivity contribution is 0.320. The van der Waals surface area contributed by atoms with E-state index in [4.69, 9.17) is 14.2 Å². The maximum Gasteiger partial charge on any atom is 0.331 e. The molecular formula is C13H14BrN3O3. The van der Waals surface area contributed by atoms with E-state index in [1.807, 2.05) is 26.0 Å². The van der Waals surface area contributed by atoms with Gasteiger partial charge in [0.25, 0.3) is 0 Å². The molecule has 20 heavy (non-hydrogen) atoms. The van der Waals surface area contributed by atoms with Gasteiger partial charge in [0.1, 0.15) is 5.75 Å². The lowest BCUT2D eigenvalue weighted by Gasteiger charge is -2.09. The van der Waals surface area contributed by atoms with E-state index in [1.54, 1.807) is 0 Å². The average Bonchev–Trinajstić information content (AvgIpc) is 2.44. The van der Waals surface area contributed by atoms with Gasteiger partial charge >= 0.3 is 18.0 Å². The first-order valence-electron chi connectivity index (χ1n) is 5.82. The monoisotopic (exact) mass is 339 g/mol. The molecule has 0 aliphatic carbocycles. The molecule has 1 aromatic carbocycles. The molecule has 1 heterocycles. The van der Waals surface area contributed by atoms with Crippen molar-refractivity contribution in [2.45, 2.75) is 13.8 Å². The predicted molar refractivity (Wildman–Crippen MR) is 76.6 cm³/mol. The first kappa shape index (κ1) is 14.5. The highest BCUT2D eigenvalue weighted by Gasteiger charge is 2.10. The van der Waals surface area contributed by atoms with Crippen molar-refractivity contribution < 1.29 is 14.2 Å². The van der Waals surface area contributed by atoms with Gasteiger partial charge in [-0.05, 0) is 37.1 Å². The van der Waals surface area contributed by atoms with Crippen LogP contribution in [-0.2, 0) is 0 Å². The fourth-order valence-corrected chi connectivity index (χ4v) is 1.85. The van der Waals surface area contributed by atoms with Gasteiger partial charge in [-0.1, -0.05) is 15.9 Å². The minimum atomic E-state index is 0.120. The van der Waals surface area contributed by atoms with Crippen LogP contribution < -0.4 is 14.2 Å². The van der Waals surface area contributed by atoms with Crippen LogP contribution in [0.4, 0.5) is 0 Å². The highest BCUT2D eigenvalue weighted by molar-refractivity contribution is 9.10. The lowest BCUT2D eigenvalue weighted by atomic mass is 10.1. The molecule has 0 aliphatic rings. The fourth-order valence-electron chi connectivity index (χ4n) is 1.62. The minimum absolute atomic E-state index is 0.120. The SMILES string of the molecule is COc1nc(OC)nc(Oc2cc(C)c(Br)c(C)c2)n1. The number of hydrogen-bond acceptors (Lipinski definition) is 6. The van der Waals surface area contributed by atoms with Gasteiger partial charge in [0.2, 0.25) is 0 Å². The molecule has 0 spiro atoms. The number of aryl methyl sites for hydroxylation is 2. The summed E-state index contributed by atoms with van der Waals surface area (Å²) in [5.41, 5.74) is 2.13. The largest absolute Gasteiger partial charge is 0.467 e. The van der Waals surface area contributed by atoms with Crippen molar-refractivity contribution in [2.75, 3.05) is 14.2 Å². The fraction of sp³-hybridized carbons (Fsp3) is 0.308. The predicted octanol–water partition coefficient (Wildman–Crippen LogP) is 3.06. The first-order chi connectivity index (χ1) is 9.53. The third-order valence-corrected chi connectivity index (χ3v) is 3.81. The molecule has 2 rings (SSSR count). The summed E-state index contributed by atoms with van der Waals surface area (Å²) >= 11 is 3.51. The van der Waals surface area contributed by atoms with E-state index in [2.05, 4.69) is 30.9 Å². The number of halogens is 1. The number of methoxy groups -OCH3 is 2. The molecular weight excluding hydrogens is 326 g/mol. The van der Waals surface area contributed by atoms with Gasteiger partial charge in [0.15, 0.2) is 0 Å². The van der Waals surface area contributed by atoms with Crippen molar-refractivity contribution in [3.05, 3.63) is 27.7 Å². The average molecular weight is 340 g/mol. The van der Waals surface area contributed by atoms with Crippen LogP contribution in [0.15, 0.2) is 16.6 Å². The van der Waals surface area contributed by atoms with E-state index in [0.29, 0.717) is 5.75 Å². The highest BCUT2D eigenvalue weighted by atomic mass is 79.9. The Bertz CT molecular complexity index is 589. The van der Waals surface area contributed by atoms with E-state index in [-0.39, 0.29) is 18.0 Å². The zero-order valence-electron chi connectivity index (χ0n) is 11.6. The van der Waals surface area contributed by atoms with Crippen molar-refractivity contribution >= 4 is 15.9 Å². The molecule has 106 valence electrons. The van der Waals surface area contributed by atoms with Crippen molar-refractivity contribution in [3.63, 3.8) is 0 Å². The summed E-state index contributed by atoms with van der Waals surface area (Å²) in [7, 11) is 2.93. The molecule has 2 aromatic rings. The summed E-state index contributed by atoms with van der Waals surface area (Å²) in [6.45, 7) is 3.97. The van der Waals surface area contributed by atoms with Crippen molar-refractivity contribution in [3.8, 4) is 23.8 Å². The van der Waals surface area contributed by atoms with Crippen molar-refractivity contribution in [2.24, 2.45) is 0 Å². The maximum absolute atomic E-state index is 5.64. The molecule has 0 aliphatic heterocycles. The summed E-state index contributed by atoms with van der Waals surface area (Å²) in [5.74, 6) is 0.638. The summed E-state index contributed by atoms with van der Waals surface area (Å²) < 4.78 is 16.6. The Labute approximate surface area is 125 Å². The molecule has 6 nitrogen and oxygen atoms in total. The topological polar surface area (TPSA) is 66.4 Å². The standard InChI is InChI=1S/C13H14BrN3O3/c1-7-5-9(6-8(2)10(7)14)20-13-16-11(18-3)15-12(17-13)19-4/h5-6H,1-4H3.